The van der Waals surface area contributed by atoms with E-state index in [0.29, 0.717) is 21.7 Å². The first-order valence-corrected chi connectivity index (χ1v) is 6.26. The average Bonchev–Trinajstić information content (AvgIpc) is 2.44. The lowest BCUT2D eigenvalue weighted by molar-refractivity contribution is 0.856. The van der Waals surface area contributed by atoms with Crippen LogP contribution < -0.4 is 5.56 Å². The highest BCUT2D eigenvalue weighted by Gasteiger charge is 2.09. The molecule has 19 heavy (non-hydrogen) atoms. The zero-order valence-electron chi connectivity index (χ0n) is 10.3. The topological polar surface area (TPSA) is 34.9 Å². The quantitative estimate of drug-likeness (QED) is 0.680. The van der Waals surface area contributed by atoms with E-state index >= 15 is 0 Å². The summed E-state index contributed by atoms with van der Waals surface area (Å²) in [6.07, 6.45) is 0. The van der Waals surface area contributed by atoms with E-state index in [1.165, 1.54) is 0 Å². The van der Waals surface area contributed by atoms with Gasteiger partial charge in [0.15, 0.2) is 0 Å². The van der Waals surface area contributed by atoms with Crippen LogP contribution in [0.2, 0.25) is 5.02 Å². The zero-order valence-corrected chi connectivity index (χ0v) is 11.1. The monoisotopic (exact) mass is 270 g/mol. The van der Waals surface area contributed by atoms with Crippen LogP contribution in [0.15, 0.2) is 53.3 Å². The Bertz CT molecular complexity index is 806. The average molecular weight is 271 g/mol. The summed E-state index contributed by atoms with van der Waals surface area (Å²) < 4.78 is 1.56. The van der Waals surface area contributed by atoms with Crippen molar-refractivity contribution in [1.29, 1.82) is 0 Å². The molecule has 0 unspecified atom stereocenters. The van der Waals surface area contributed by atoms with Crippen molar-refractivity contribution in [1.82, 2.24) is 9.55 Å². The fraction of sp³-hybridized carbons (Fsp3) is 0.0667. The van der Waals surface area contributed by atoms with E-state index in [0.717, 1.165) is 5.56 Å². The van der Waals surface area contributed by atoms with Gasteiger partial charge in [-0.25, -0.2) is 4.98 Å². The summed E-state index contributed by atoms with van der Waals surface area (Å²) in [6, 6.07) is 14.6. The Morgan fingerprint density at radius 3 is 2.47 bits per heavy atom. The fourth-order valence-electron chi connectivity index (χ4n) is 2.08. The van der Waals surface area contributed by atoms with Crippen LogP contribution >= 0.6 is 11.6 Å². The number of benzene rings is 2. The van der Waals surface area contributed by atoms with E-state index < -0.39 is 0 Å². The van der Waals surface area contributed by atoms with Crippen molar-refractivity contribution in [3.8, 4) is 11.4 Å². The van der Waals surface area contributed by atoms with E-state index in [2.05, 4.69) is 4.98 Å². The van der Waals surface area contributed by atoms with Crippen LogP contribution in [0.1, 0.15) is 0 Å². The number of hydrogen-bond acceptors (Lipinski definition) is 2. The van der Waals surface area contributed by atoms with Crippen molar-refractivity contribution >= 4 is 22.5 Å². The second-order valence-electron chi connectivity index (χ2n) is 4.32. The molecular weight excluding hydrogens is 260 g/mol. The molecule has 94 valence electrons. The van der Waals surface area contributed by atoms with Crippen molar-refractivity contribution in [3.05, 3.63) is 63.9 Å². The van der Waals surface area contributed by atoms with E-state index in [1.807, 2.05) is 30.3 Å². The highest BCUT2D eigenvalue weighted by molar-refractivity contribution is 6.30. The van der Waals surface area contributed by atoms with E-state index in [4.69, 9.17) is 11.6 Å². The number of fused-ring (bicyclic) bond motifs is 1. The van der Waals surface area contributed by atoms with Gasteiger partial charge in [-0.1, -0.05) is 23.7 Å². The number of aromatic nitrogens is 2. The number of hydrogen-bond donors (Lipinski definition) is 0. The Labute approximate surface area is 115 Å². The fourth-order valence-corrected chi connectivity index (χ4v) is 2.20. The summed E-state index contributed by atoms with van der Waals surface area (Å²) in [4.78, 5) is 16.8. The number of halogens is 1. The summed E-state index contributed by atoms with van der Waals surface area (Å²) >= 11 is 5.88. The summed E-state index contributed by atoms with van der Waals surface area (Å²) in [5.41, 5.74) is 1.53. The molecule has 3 aromatic rings. The van der Waals surface area contributed by atoms with Gasteiger partial charge in [0.05, 0.1) is 10.9 Å². The van der Waals surface area contributed by atoms with Gasteiger partial charge in [-0.2, -0.15) is 0 Å². The van der Waals surface area contributed by atoms with Crippen molar-refractivity contribution in [2.75, 3.05) is 0 Å². The van der Waals surface area contributed by atoms with Crippen molar-refractivity contribution in [2.24, 2.45) is 7.05 Å². The molecule has 0 N–H and O–H groups in total. The first-order valence-electron chi connectivity index (χ1n) is 5.88. The van der Waals surface area contributed by atoms with Crippen LogP contribution in [-0.4, -0.2) is 9.55 Å². The van der Waals surface area contributed by atoms with Crippen molar-refractivity contribution < 1.29 is 0 Å². The van der Waals surface area contributed by atoms with Gasteiger partial charge in [-0.05, 0) is 36.4 Å². The van der Waals surface area contributed by atoms with Gasteiger partial charge in [0.2, 0.25) is 0 Å². The third-order valence-corrected chi connectivity index (χ3v) is 3.34. The predicted octanol–water partition coefficient (Wildman–Crippen LogP) is 3.25. The van der Waals surface area contributed by atoms with Gasteiger partial charge in [-0.3, -0.25) is 9.36 Å². The number of rotatable bonds is 1. The molecule has 0 spiro atoms. The maximum absolute atomic E-state index is 12.3. The molecule has 0 aliphatic heterocycles. The van der Waals surface area contributed by atoms with E-state index in [-0.39, 0.29) is 5.56 Å². The Morgan fingerprint density at radius 1 is 1.05 bits per heavy atom. The molecule has 0 saturated carbocycles. The molecule has 0 aliphatic carbocycles. The Kier molecular flexibility index (Phi) is 2.84. The van der Waals surface area contributed by atoms with Gasteiger partial charge >= 0.3 is 0 Å². The molecule has 0 amide bonds. The maximum atomic E-state index is 12.3. The SMILES string of the molecule is Cn1c(-c2ccc(Cl)cc2)nc2ccccc2c1=O. The smallest absolute Gasteiger partial charge is 0.261 e. The third kappa shape index (κ3) is 2.02. The first kappa shape index (κ1) is 11.9. The minimum absolute atomic E-state index is 0.0458. The first-order chi connectivity index (χ1) is 9.16. The molecule has 2 aromatic carbocycles. The molecule has 0 fully saturated rings. The van der Waals surface area contributed by atoms with Gasteiger partial charge in [0.25, 0.3) is 5.56 Å². The van der Waals surface area contributed by atoms with Crippen LogP contribution in [0.5, 0.6) is 0 Å². The van der Waals surface area contributed by atoms with Crippen LogP contribution in [0.4, 0.5) is 0 Å². The number of para-hydroxylation sites is 1. The molecule has 3 rings (SSSR count). The van der Waals surface area contributed by atoms with E-state index in [1.54, 1.807) is 29.8 Å². The molecule has 1 aromatic heterocycles. The van der Waals surface area contributed by atoms with Crippen LogP contribution in [-0.2, 0) is 7.05 Å². The Balaban J connectivity index is 2.33. The minimum atomic E-state index is -0.0458. The predicted molar refractivity (Wildman–Crippen MR) is 77.4 cm³/mol. The van der Waals surface area contributed by atoms with Gasteiger partial charge in [0, 0.05) is 17.6 Å². The lowest BCUT2D eigenvalue weighted by Gasteiger charge is -2.09. The summed E-state index contributed by atoms with van der Waals surface area (Å²) in [5, 5.41) is 1.29. The second kappa shape index (κ2) is 4.52. The Hall–Kier alpha value is -2.13. The summed E-state index contributed by atoms with van der Waals surface area (Å²) in [5.74, 6) is 0.639. The highest BCUT2D eigenvalue weighted by Crippen LogP contribution is 2.20. The number of nitrogens with zero attached hydrogens (tertiary/aromatic N) is 2. The molecule has 0 bridgehead atoms. The summed E-state index contributed by atoms with van der Waals surface area (Å²) in [6.45, 7) is 0. The van der Waals surface area contributed by atoms with Gasteiger partial charge < -0.3 is 0 Å². The van der Waals surface area contributed by atoms with Gasteiger partial charge in [-0.15, -0.1) is 0 Å². The zero-order chi connectivity index (χ0) is 13.4. The molecule has 0 aliphatic rings. The van der Waals surface area contributed by atoms with Gasteiger partial charge in [0.1, 0.15) is 5.82 Å². The van der Waals surface area contributed by atoms with Crippen molar-refractivity contribution in [2.45, 2.75) is 0 Å². The summed E-state index contributed by atoms with van der Waals surface area (Å²) in [7, 11) is 1.73. The lowest BCUT2D eigenvalue weighted by atomic mass is 10.2. The standard InChI is InChI=1S/C15H11ClN2O/c1-18-14(10-6-8-11(16)9-7-10)17-13-5-3-2-4-12(13)15(18)19/h2-9H,1H3. The molecular formula is C15H11ClN2O. The molecule has 0 saturated heterocycles. The third-order valence-electron chi connectivity index (χ3n) is 3.09. The molecule has 4 heteroatoms. The largest absolute Gasteiger partial charge is 0.295 e. The van der Waals surface area contributed by atoms with Crippen LogP contribution in [0.25, 0.3) is 22.3 Å². The van der Waals surface area contributed by atoms with E-state index in [9.17, 15) is 4.79 Å². The molecule has 1 heterocycles. The minimum Gasteiger partial charge on any atom is -0.295 e. The molecule has 3 nitrogen and oxygen atoms in total. The lowest BCUT2D eigenvalue weighted by Crippen LogP contribution is -2.20. The molecule has 0 atom stereocenters. The maximum Gasteiger partial charge on any atom is 0.261 e. The highest BCUT2D eigenvalue weighted by atomic mass is 35.5. The normalized spacial score (nSPS) is 10.8. The van der Waals surface area contributed by atoms with Crippen LogP contribution in [0, 0.1) is 0 Å². The second-order valence-corrected chi connectivity index (χ2v) is 4.76. The molecule has 0 radical (unpaired) electrons. The van der Waals surface area contributed by atoms with Crippen LogP contribution in [0.3, 0.4) is 0 Å². The van der Waals surface area contributed by atoms with Crippen molar-refractivity contribution in [3.63, 3.8) is 0 Å². The Morgan fingerprint density at radius 2 is 1.74 bits per heavy atom.